The lowest BCUT2D eigenvalue weighted by atomic mass is 10.2. The van der Waals surface area contributed by atoms with Crippen molar-refractivity contribution in [2.75, 3.05) is 19.0 Å². The van der Waals surface area contributed by atoms with Crippen LogP contribution < -0.4 is 20.1 Å². The molecule has 6 nitrogen and oxygen atoms in total. The Balaban J connectivity index is 1.97. The van der Waals surface area contributed by atoms with Gasteiger partial charge < -0.3 is 20.1 Å². The number of alkyl halides is 2. The van der Waals surface area contributed by atoms with E-state index in [-0.39, 0.29) is 29.6 Å². The number of benzene rings is 2. The van der Waals surface area contributed by atoms with Gasteiger partial charge in [-0.2, -0.15) is 8.78 Å². The zero-order valence-corrected chi connectivity index (χ0v) is 15.8. The topological polar surface area (TPSA) is 76.7 Å². The number of ether oxygens (including phenoxy) is 2. The van der Waals surface area contributed by atoms with E-state index in [0.29, 0.717) is 5.56 Å². The minimum Gasteiger partial charge on any atom is -0.493 e. The van der Waals surface area contributed by atoms with Crippen molar-refractivity contribution in [3.63, 3.8) is 0 Å². The Kier molecular flexibility index (Phi) is 7.13. The van der Waals surface area contributed by atoms with E-state index in [4.69, 9.17) is 4.74 Å². The van der Waals surface area contributed by atoms with Crippen LogP contribution in [0.4, 0.5) is 14.5 Å². The second-order valence-electron chi connectivity index (χ2n) is 4.95. The van der Waals surface area contributed by atoms with Crippen molar-refractivity contribution in [3.05, 3.63) is 51.6 Å². The maximum Gasteiger partial charge on any atom is 0.387 e. The van der Waals surface area contributed by atoms with E-state index >= 15 is 0 Å². The zero-order chi connectivity index (χ0) is 19.1. The Hall–Kier alpha value is -2.43. The van der Waals surface area contributed by atoms with Gasteiger partial charge in [-0.3, -0.25) is 9.59 Å². The number of anilines is 1. The fourth-order valence-electron chi connectivity index (χ4n) is 2.05. The van der Waals surface area contributed by atoms with E-state index in [1.165, 1.54) is 25.3 Å². The summed E-state index contributed by atoms with van der Waals surface area (Å²) in [6, 6.07) is 11.0. The second-order valence-corrected chi connectivity index (χ2v) is 6.12. The quantitative estimate of drug-likeness (QED) is 0.602. The maximum atomic E-state index is 12.4. The minimum absolute atomic E-state index is 0.107. The fraction of sp³-hybridized carbons (Fsp3) is 0.176. The molecular weight excluding hydrogens is 461 g/mol. The highest BCUT2D eigenvalue weighted by atomic mass is 127. The summed E-state index contributed by atoms with van der Waals surface area (Å²) < 4.78 is 34.9. The molecule has 0 aliphatic rings. The third-order valence-corrected chi connectivity index (χ3v) is 4.13. The Morgan fingerprint density at radius 1 is 1.15 bits per heavy atom. The average molecular weight is 476 g/mol. The highest BCUT2D eigenvalue weighted by Gasteiger charge is 2.14. The first-order chi connectivity index (χ1) is 12.4. The van der Waals surface area contributed by atoms with Crippen molar-refractivity contribution in [1.82, 2.24) is 5.32 Å². The largest absolute Gasteiger partial charge is 0.493 e. The molecule has 0 fully saturated rings. The number of rotatable bonds is 7. The van der Waals surface area contributed by atoms with Crippen molar-refractivity contribution in [1.29, 1.82) is 0 Å². The molecule has 9 heteroatoms. The summed E-state index contributed by atoms with van der Waals surface area (Å²) in [6.07, 6.45) is 0. The standard InChI is InChI=1S/C17H15F2IN2O4/c1-25-13-7-6-10(8-14(13)26-17(18)19)22-15(23)9-21-16(24)11-4-2-3-5-12(11)20/h2-8,17H,9H2,1H3,(H,21,24)(H,22,23). The Morgan fingerprint density at radius 2 is 1.88 bits per heavy atom. The average Bonchev–Trinajstić information content (AvgIpc) is 2.60. The molecule has 2 aromatic carbocycles. The summed E-state index contributed by atoms with van der Waals surface area (Å²) in [5.41, 5.74) is 0.688. The van der Waals surface area contributed by atoms with Gasteiger partial charge in [0, 0.05) is 15.3 Å². The molecule has 0 saturated carbocycles. The number of halogens is 3. The third kappa shape index (κ3) is 5.55. The van der Waals surface area contributed by atoms with E-state index in [2.05, 4.69) is 15.4 Å². The van der Waals surface area contributed by atoms with E-state index in [9.17, 15) is 18.4 Å². The summed E-state index contributed by atoms with van der Waals surface area (Å²) in [4.78, 5) is 24.0. The van der Waals surface area contributed by atoms with Crippen LogP contribution in [0, 0.1) is 3.57 Å². The van der Waals surface area contributed by atoms with E-state index in [1.54, 1.807) is 24.3 Å². The van der Waals surface area contributed by atoms with Gasteiger partial charge >= 0.3 is 6.61 Å². The van der Waals surface area contributed by atoms with Crippen LogP contribution in [0.15, 0.2) is 42.5 Å². The Labute approximate surface area is 162 Å². The summed E-state index contributed by atoms with van der Waals surface area (Å²) >= 11 is 2.02. The minimum atomic E-state index is -3.03. The number of hydrogen-bond donors (Lipinski definition) is 2. The summed E-state index contributed by atoms with van der Waals surface area (Å²) in [5.74, 6) is -1.00. The highest BCUT2D eigenvalue weighted by molar-refractivity contribution is 14.1. The maximum absolute atomic E-state index is 12.4. The molecule has 2 aromatic rings. The normalized spacial score (nSPS) is 10.3. The third-order valence-electron chi connectivity index (χ3n) is 3.19. The van der Waals surface area contributed by atoms with Crippen molar-refractivity contribution < 1.29 is 27.8 Å². The molecule has 2 rings (SSSR count). The molecule has 2 amide bonds. The van der Waals surface area contributed by atoms with Crippen LogP contribution in [-0.2, 0) is 4.79 Å². The lowest BCUT2D eigenvalue weighted by Crippen LogP contribution is -2.33. The SMILES string of the molecule is COc1ccc(NC(=O)CNC(=O)c2ccccc2I)cc1OC(F)F. The molecule has 0 atom stereocenters. The molecular formula is C17H15F2IN2O4. The molecule has 0 heterocycles. The first kappa shape index (κ1) is 19.9. The van der Waals surface area contributed by atoms with Gasteiger partial charge in [-0.05, 0) is 46.9 Å². The summed E-state index contributed by atoms with van der Waals surface area (Å²) in [7, 11) is 1.31. The Morgan fingerprint density at radius 3 is 2.54 bits per heavy atom. The molecule has 0 saturated heterocycles. The Bertz CT molecular complexity index is 802. The van der Waals surface area contributed by atoms with Crippen LogP contribution in [-0.4, -0.2) is 32.1 Å². The van der Waals surface area contributed by atoms with Gasteiger partial charge in [-0.1, -0.05) is 12.1 Å². The molecule has 0 radical (unpaired) electrons. The molecule has 0 aliphatic heterocycles. The number of hydrogen-bond acceptors (Lipinski definition) is 4. The fourth-order valence-corrected chi connectivity index (χ4v) is 2.68. The molecule has 0 spiro atoms. The zero-order valence-electron chi connectivity index (χ0n) is 13.6. The van der Waals surface area contributed by atoms with Gasteiger partial charge in [0.2, 0.25) is 5.91 Å². The van der Waals surface area contributed by atoms with E-state index in [0.717, 1.165) is 3.57 Å². The molecule has 138 valence electrons. The van der Waals surface area contributed by atoms with E-state index in [1.807, 2.05) is 22.6 Å². The molecule has 0 aliphatic carbocycles. The van der Waals surface area contributed by atoms with Crippen LogP contribution in [0.3, 0.4) is 0 Å². The van der Waals surface area contributed by atoms with Crippen LogP contribution in [0.2, 0.25) is 0 Å². The van der Waals surface area contributed by atoms with Gasteiger partial charge in [0.15, 0.2) is 11.5 Å². The lowest BCUT2D eigenvalue weighted by molar-refractivity contribution is -0.115. The van der Waals surface area contributed by atoms with Crippen molar-refractivity contribution in [2.24, 2.45) is 0 Å². The smallest absolute Gasteiger partial charge is 0.387 e. The second kappa shape index (κ2) is 9.32. The van der Waals surface area contributed by atoms with Crippen LogP contribution >= 0.6 is 22.6 Å². The van der Waals surface area contributed by atoms with Gasteiger partial charge in [0.1, 0.15) is 0 Å². The van der Waals surface area contributed by atoms with Crippen LogP contribution in [0.1, 0.15) is 10.4 Å². The monoisotopic (exact) mass is 476 g/mol. The number of carbonyl (C=O) groups excluding carboxylic acids is 2. The molecule has 0 bridgehead atoms. The first-order valence-corrected chi connectivity index (χ1v) is 8.44. The van der Waals surface area contributed by atoms with E-state index < -0.39 is 12.5 Å². The molecule has 26 heavy (non-hydrogen) atoms. The number of carbonyl (C=O) groups is 2. The first-order valence-electron chi connectivity index (χ1n) is 7.36. The van der Waals surface area contributed by atoms with Gasteiger partial charge in [-0.15, -0.1) is 0 Å². The highest BCUT2D eigenvalue weighted by Crippen LogP contribution is 2.31. The molecule has 2 N–H and O–H groups in total. The molecule has 0 aromatic heterocycles. The number of amides is 2. The predicted octanol–water partition coefficient (Wildman–Crippen LogP) is 3.27. The van der Waals surface area contributed by atoms with Crippen molar-refractivity contribution in [3.8, 4) is 11.5 Å². The summed E-state index contributed by atoms with van der Waals surface area (Å²) in [6.45, 7) is -3.30. The number of methoxy groups -OCH3 is 1. The van der Waals surface area contributed by atoms with Crippen LogP contribution in [0.5, 0.6) is 11.5 Å². The van der Waals surface area contributed by atoms with Gasteiger partial charge in [0.25, 0.3) is 5.91 Å². The predicted molar refractivity (Wildman–Crippen MR) is 99.7 cm³/mol. The van der Waals surface area contributed by atoms with Crippen LogP contribution in [0.25, 0.3) is 0 Å². The summed E-state index contributed by atoms with van der Waals surface area (Å²) in [5, 5.41) is 4.99. The number of nitrogens with one attached hydrogen (secondary N) is 2. The van der Waals surface area contributed by atoms with Crippen molar-refractivity contribution >= 4 is 40.1 Å². The van der Waals surface area contributed by atoms with Gasteiger partial charge in [0.05, 0.1) is 19.2 Å². The lowest BCUT2D eigenvalue weighted by Gasteiger charge is -2.12. The van der Waals surface area contributed by atoms with Crippen molar-refractivity contribution in [2.45, 2.75) is 6.61 Å². The van der Waals surface area contributed by atoms with Gasteiger partial charge in [-0.25, -0.2) is 0 Å². The molecule has 0 unspecified atom stereocenters.